The van der Waals surface area contributed by atoms with Crippen LogP contribution in [-0.2, 0) is 9.53 Å². The lowest BCUT2D eigenvalue weighted by molar-refractivity contribution is -0.140. The van der Waals surface area contributed by atoms with Crippen molar-refractivity contribution in [3.05, 3.63) is 53.3 Å². The minimum atomic E-state index is 0.0684. The van der Waals surface area contributed by atoms with E-state index in [4.69, 9.17) is 21.1 Å². The Morgan fingerprint density at radius 3 is 2.71 bits per heavy atom. The van der Waals surface area contributed by atoms with Crippen molar-refractivity contribution in [1.82, 2.24) is 14.8 Å². The first-order chi connectivity index (χ1) is 15.1. The van der Waals surface area contributed by atoms with Gasteiger partial charge >= 0.3 is 6.03 Å². The van der Waals surface area contributed by atoms with Crippen molar-refractivity contribution in [2.75, 3.05) is 32.8 Å². The molecule has 7 nitrogen and oxygen atoms in total. The maximum Gasteiger partial charge on any atom is 0.320 e. The number of carbonyl (C=O) groups excluding carboxylic acids is 2. The molecule has 0 aliphatic carbocycles. The number of benzene rings is 1. The number of likely N-dealkylation sites (tertiary alicyclic amines) is 2. The zero-order valence-corrected chi connectivity index (χ0v) is 17.8. The summed E-state index contributed by atoms with van der Waals surface area (Å²) in [5.41, 5.74) is 1.18. The summed E-state index contributed by atoms with van der Waals surface area (Å²) in [6.45, 7) is 2.93. The van der Waals surface area contributed by atoms with Crippen LogP contribution in [0.3, 0.4) is 0 Å². The van der Waals surface area contributed by atoms with E-state index < -0.39 is 0 Å². The molecule has 3 aliphatic heterocycles. The number of pyridine rings is 1. The normalized spacial score (nSPS) is 23.8. The molecule has 2 atom stereocenters. The second-order valence-corrected chi connectivity index (χ2v) is 8.86. The first-order valence-corrected chi connectivity index (χ1v) is 11.0. The number of nitrogens with zero attached hydrogens (tertiary/aromatic N) is 3. The van der Waals surface area contributed by atoms with Gasteiger partial charge in [0, 0.05) is 50.6 Å². The number of piperidine rings is 1. The number of Topliss-reactive ketones (excluding diaryl/α,β-unsaturated/α-hetero) is 1. The van der Waals surface area contributed by atoms with Crippen LogP contribution in [0.15, 0.2) is 42.7 Å². The maximum atomic E-state index is 12.9. The second kappa shape index (κ2) is 8.48. The molecule has 1 aromatic heterocycles. The lowest BCUT2D eigenvalue weighted by Gasteiger charge is -2.46. The average molecular weight is 442 g/mol. The van der Waals surface area contributed by atoms with Gasteiger partial charge in [0.25, 0.3) is 0 Å². The molecule has 3 fully saturated rings. The lowest BCUT2D eigenvalue weighted by Crippen LogP contribution is -2.58. The van der Waals surface area contributed by atoms with Crippen LogP contribution in [0.1, 0.15) is 24.3 Å². The number of rotatable bonds is 3. The predicted molar refractivity (Wildman–Crippen MR) is 115 cm³/mol. The number of hydrogen-bond acceptors (Lipinski definition) is 5. The van der Waals surface area contributed by atoms with E-state index in [0.717, 1.165) is 6.42 Å². The molecule has 1 aromatic carbocycles. The van der Waals surface area contributed by atoms with Gasteiger partial charge in [-0.2, -0.15) is 0 Å². The predicted octanol–water partition coefficient (Wildman–Crippen LogP) is 3.73. The fourth-order valence-corrected chi connectivity index (χ4v) is 4.71. The van der Waals surface area contributed by atoms with Crippen molar-refractivity contribution in [2.45, 2.75) is 24.9 Å². The van der Waals surface area contributed by atoms with Crippen LogP contribution in [-0.4, -0.2) is 65.5 Å². The molecule has 0 saturated carbocycles. The number of aromatic nitrogens is 1. The molecule has 3 aliphatic rings. The molecular formula is C23H24ClN3O4. The highest BCUT2D eigenvalue weighted by atomic mass is 35.5. The summed E-state index contributed by atoms with van der Waals surface area (Å²) < 4.78 is 11.4. The first kappa shape index (κ1) is 20.3. The van der Waals surface area contributed by atoms with Gasteiger partial charge < -0.3 is 19.3 Å². The molecule has 8 heteroatoms. The number of hydrogen-bond donors (Lipinski definition) is 0. The van der Waals surface area contributed by atoms with Crippen molar-refractivity contribution in [3.63, 3.8) is 0 Å². The third-order valence-electron chi connectivity index (χ3n) is 6.35. The van der Waals surface area contributed by atoms with E-state index in [1.165, 1.54) is 5.56 Å². The Labute approximate surface area is 185 Å². The van der Waals surface area contributed by atoms with Crippen molar-refractivity contribution in [3.8, 4) is 11.5 Å². The largest absolute Gasteiger partial charge is 0.454 e. The monoisotopic (exact) mass is 441 g/mol. The van der Waals surface area contributed by atoms with Crippen molar-refractivity contribution >= 4 is 23.4 Å². The van der Waals surface area contributed by atoms with E-state index in [1.807, 2.05) is 34.1 Å². The van der Waals surface area contributed by atoms with Crippen LogP contribution in [0.2, 0.25) is 5.02 Å². The van der Waals surface area contributed by atoms with Crippen molar-refractivity contribution in [1.29, 1.82) is 0 Å². The Bertz CT molecular complexity index is 977. The minimum Gasteiger partial charge on any atom is -0.454 e. The van der Waals surface area contributed by atoms with E-state index in [0.29, 0.717) is 55.0 Å². The Balaban J connectivity index is 1.14. The standard InChI is InChI=1S/C23H24ClN3O4/c24-20-5-7-25-10-22(20)31-19-3-1-15(2-4-19)17-12-27(13-17)23(29)26-8-6-21-16(11-26)9-18(28)14-30-21/h1-5,7,10,16-17,21H,6,8-9,11-14H2/t16-,21+/m1/s1. The molecule has 0 unspecified atom stereocenters. The quantitative estimate of drug-likeness (QED) is 0.725. The number of halogens is 1. The molecule has 3 saturated heterocycles. The third-order valence-corrected chi connectivity index (χ3v) is 6.66. The zero-order valence-electron chi connectivity index (χ0n) is 17.1. The number of urea groups is 1. The fraction of sp³-hybridized carbons (Fsp3) is 0.435. The summed E-state index contributed by atoms with van der Waals surface area (Å²) in [6, 6.07) is 9.64. The molecule has 0 bridgehead atoms. The van der Waals surface area contributed by atoms with Crippen LogP contribution >= 0.6 is 11.6 Å². The number of ketones is 1. The van der Waals surface area contributed by atoms with Crippen molar-refractivity contribution in [2.24, 2.45) is 5.92 Å². The van der Waals surface area contributed by atoms with Gasteiger partial charge in [0.15, 0.2) is 11.5 Å². The number of fused-ring (bicyclic) bond motifs is 1. The molecule has 4 heterocycles. The van der Waals surface area contributed by atoms with Gasteiger partial charge in [-0.25, -0.2) is 4.79 Å². The molecular weight excluding hydrogens is 418 g/mol. The Hall–Kier alpha value is -2.64. The van der Waals surface area contributed by atoms with E-state index in [-0.39, 0.29) is 30.4 Å². The summed E-state index contributed by atoms with van der Waals surface area (Å²) in [4.78, 5) is 32.4. The van der Waals surface area contributed by atoms with E-state index in [1.54, 1.807) is 18.5 Å². The highest BCUT2D eigenvalue weighted by molar-refractivity contribution is 6.32. The number of carbonyl (C=O) groups is 2. The van der Waals surface area contributed by atoms with Gasteiger partial charge in [0.2, 0.25) is 0 Å². The smallest absolute Gasteiger partial charge is 0.320 e. The molecule has 0 spiro atoms. The topological polar surface area (TPSA) is 72.0 Å². The van der Waals surface area contributed by atoms with E-state index in [9.17, 15) is 9.59 Å². The third kappa shape index (κ3) is 4.25. The Morgan fingerprint density at radius 1 is 1.13 bits per heavy atom. The molecule has 2 aromatic rings. The van der Waals surface area contributed by atoms with Gasteiger partial charge in [-0.3, -0.25) is 9.78 Å². The second-order valence-electron chi connectivity index (χ2n) is 8.45. The van der Waals surface area contributed by atoms with Crippen LogP contribution in [0.5, 0.6) is 11.5 Å². The zero-order chi connectivity index (χ0) is 21.4. The van der Waals surface area contributed by atoms with E-state index >= 15 is 0 Å². The van der Waals surface area contributed by atoms with Gasteiger partial charge in [-0.1, -0.05) is 23.7 Å². The van der Waals surface area contributed by atoms with Crippen LogP contribution in [0.25, 0.3) is 0 Å². The SMILES string of the molecule is O=C1CO[C@H]2CCN(C(=O)N3CC(c4ccc(Oc5cnccc5Cl)cc4)C3)C[C@H]2C1. The minimum absolute atomic E-state index is 0.0684. The highest BCUT2D eigenvalue weighted by Crippen LogP contribution is 2.33. The summed E-state index contributed by atoms with van der Waals surface area (Å²) in [5.74, 6) is 1.80. The van der Waals surface area contributed by atoms with Gasteiger partial charge in [0.1, 0.15) is 12.4 Å². The van der Waals surface area contributed by atoms with E-state index in [2.05, 4.69) is 4.98 Å². The van der Waals surface area contributed by atoms with Crippen LogP contribution < -0.4 is 4.74 Å². The lowest BCUT2D eigenvalue weighted by atomic mass is 9.87. The average Bonchev–Trinajstić information content (AvgIpc) is 2.75. The summed E-state index contributed by atoms with van der Waals surface area (Å²) >= 11 is 6.11. The Morgan fingerprint density at radius 2 is 1.94 bits per heavy atom. The Kier molecular flexibility index (Phi) is 5.54. The molecule has 5 rings (SSSR count). The molecule has 2 amide bonds. The summed E-state index contributed by atoms with van der Waals surface area (Å²) in [7, 11) is 0. The van der Waals surface area contributed by atoms with Gasteiger partial charge in [-0.15, -0.1) is 0 Å². The molecule has 0 radical (unpaired) electrons. The van der Waals surface area contributed by atoms with Crippen LogP contribution in [0.4, 0.5) is 4.79 Å². The summed E-state index contributed by atoms with van der Waals surface area (Å²) in [5, 5.41) is 0.514. The molecule has 162 valence electrons. The molecule has 31 heavy (non-hydrogen) atoms. The van der Waals surface area contributed by atoms with Crippen molar-refractivity contribution < 1.29 is 19.1 Å². The molecule has 0 N–H and O–H groups in total. The maximum absolute atomic E-state index is 12.9. The highest BCUT2D eigenvalue weighted by Gasteiger charge is 2.40. The van der Waals surface area contributed by atoms with Gasteiger partial charge in [-0.05, 0) is 30.2 Å². The van der Waals surface area contributed by atoms with Crippen LogP contribution in [0, 0.1) is 5.92 Å². The number of ether oxygens (including phenoxy) is 2. The number of amides is 2. The summed E-state index contributed by atoms with van der Waals surface area (Å²) in [6.07, 6.45) is 4.66. The fourth-order valence-electron chi connectivity index (χ4n) is 4.57. The first-order valence-electron chi connectivity index (χ1n) is 10.6. The van der Waals surface area contributed by atoms with Gasteiger partial charge in [0.05, 0.1) is 17.3 Å².